The standard InChI is InChI=1S/C13H25NO4/c1-11-4-3-5-13(16,8-11)10-14-12(15)9-18-7-6-17-2/h11,16H,3-10H2,1-2H3,(H,14,15). The van der Waals surface area contributed by atoms with E-state index in [1.165, 1.54) is 0 Å². The van der Waals surface area contributed by atoms with Crippen LogP contribution in [0.2, 0.25) is 0 Å². The second-order valence-corrected chi connectivity index (χ2v) is 5.25. The van der Waals surface area contributed by atoms with Crippen molar-refractivity contribution in [3.63, 3.8) is 0 Å². The first kappa shape index (κ1) is 15.4. The fourth-order valence-electron chi connectivity index (χ4n) is 2.41. The fourth-order valence-corrected chi connectivity index (χ4v) is 2.41. The molecule has 2 N–H and O–H groups in total. The van der Waals surface area contributed by atoms with E-state index in [1.807, 2.05) is 0 Å². The SMILES string of the molecule is COCCOCC(=O)NCC1(O)CCCC(C)C1. The molecule has 18 heavy (non-hydrogen) atoms. The van der Waals surface area contributed by atoms with Gasteiger partial charge in [0.15, 0.2) is 0 Å². The molecule has 0 radical (unpaired) electrons. The maximum Gasteiger partial charge on any atom is 0.246 e. The van der Waals surface area contributed by atoms with Gasteiger partial charge in [-0.1, -0.05) is 19.8 Å². The molecule has 2 unspecified atom stereocenters. The molecule has 0 heterocycles. The Hall–Kier alpha value is -0.650. The van der Waals surface area contributed by atoms with Gasteiger partial charge < -0.3 is 19.9 Å². The highest BCUT2D eigenvalue weighted by molar-refractivity contribution is 5.77. The highest BCUT2D eigenvalue weighted by atomic mass is 16.5. The summed E-state index contributed by atoms with van der Waals surface area (Å²) >= 11 is 0. The molecule has 5 nitrogen and oxygen atoms in total. The first-order valence-electron chi connectivity index (χ1n) is 6.61. The zero-order chi connectivity index (χ0) is 13.4. The Balaban J connectivity index is 2.16. The lowest BCUT2D eigenvalue weighted by atomic mass is 9.79. The van der Waals surface area contributed by atoms with Crippen molar-refractivity contribution in [2.45, 2.75) is 38.2 Å². The van der Waals surface area contributed by atoms with E-state index >= 15 is 0 Å². The van der Waals surface area contributed by atoms with Gasteiger partial charge in [-0.25, -0.2) is 0 Å². The highest BCUT2D eigenvalue weighted by Gasteiger charge is 2.32. The van der Waals surface area contributed by atoms with Crippen molar-refractivity contribution in [1.82, 2.24) is 5.32 Å². The minimum absolute atomic E-state index is 0.0228. The first-order chi connectivity index (χ1) is 8.56. The van der Waals surface area contributed by atoms with Crippen LogP contribution >= 0.6 is 0 Å². The fraction of sp³-hybridized carbons (Fsp3) is 0.923. The van der Waals surface area contributed by atoms with Crippen molar-refractivity contribution in [1.29, 1.82) is 0 Å². The Morgan fingerprint density at radius 1 is 1.50 bits per heavy atom. The number of amides is 1. The van der Waals surface area contributed by atoms with Gasteiger partial charge in [-0.15, -0.1) is 0 Å². The number of hydrogen-bond donors (Lipinski definition) is 2. The van der Waals surface area contributed by atoms with Crippen molar-refractivity contribution in [3.05, 3.63) is 0 Å². The van der Waals surface area contributed by atoms with Crippen molar-refractivity contribution in [3.8, 4) is 0 Å². The molecule has 2 atom stereocenters. The molecule has 1 rings (SSSR count). The normalized spacial score (nSPS) is 28.1. The summed E-state index contributed by atoms with van der Waals surface area (Å²) in [6.07, 6.45) is 3.72. The van der Waals surface area contributed by atoms with Crippen LogP contribution in [0.1, 0.15) is 32.6 Å². The minimum atomic E-state index is -0.736. The summed E-state index contributed by atoms with van der Waals surface area (Å²) in [6, 6.07) is 0. The molecule has 1 fully saturated rings. The first-order valence-corrected chi connectivity index (χ1v) is 6.61. The smallest absolute Gasteiger partial charge is 0.246 e. The van der Waals surface area contributed by atoms with Gasteiger partial charge in [-0.2, -0.15) is 0 Å². The molecule has 0 aromatic carbocycles. The third-order valence-corrected chi connectivity index (χ3v) is 3.35. The molecule has 0 saturated heterocycles. The van der Waals surface area contributed by atoms with E-state index in [1.54, 1.807) is 7.11 Å². The van der Waals surface area contributed by atoms with E-state index in [9.17, 15) is 9.90 Å². The van der Waals surface area contributed by atoms with Crippen molar-refractivity contribution < 1.29 is 19.4 Å². The van der Waals surface area contributed by atoms with E-state index in [4.69, 9.17) is 9.47 Å². The van der Waals surface area contributed by atoms with Crippen molar-refractivity contribution in [2.24, 2.45) is 5.92 Å². The summed E-state index contributed by atoms with van der Waals surface area (Å²) in [7, 11) is 1.59. The Morgan fingerprint density at radius 2 is 2.28 bits per heavy atom. The molecule has 0 aromatic rings. The number of carbonyl (C=O) groups is 1. The number of methoxy groups -OCH3 is 1. The number of rotatable bonds is 7. The van der Waals surface area contributed by atoms with Crippen LogP contribution in [0.4, 0.5) is 0 Å². The van der Waals surface area contributed by atoms with Crippen LogP contribution in [0.3, 0.4) is 0 Å². The number of nitrogens with one attached hydrogen (secondary N) is 1. The molecule has 0 aromatic heterocycles. The molecule has 1 amide bonds. The average Bonchev–Trinajstić information content (AvgIpc) is 2.32. The van der Waals surface area contributed by atoms with E-state index < -0.39 is 5.60 Å². The zero-order valence-corrected chi connectivity index (χ0v) is 11.4. The monoisotopic (exact) mass is 259 g/mol. The quantitative estimate of drug-likeness (QED) is 0.661. The summed E-state index contributed by atoms with van der Waals surface area (Å²) in [5.74, 6) is 0.344. The van der Waals surface area contributed by atoms with Gasteiger partial charge in [0.2, 0.25) is 5.91 Å². The van der Waals surface area contributed by atoms with E-state index in [0.717, 1.165) is 25.7 Å². The molecule has 1 aliphatic carbocycles. The van der Waals surface area contributed by atoms with Crippen LogP contribution in [0, 0.1) is 5.92 Å². The maximum atomic E-state index is 11.5. The largest absolute Gasteiger partial charge is 0.388 e. The van der Waals surface area contributed by atoms with Crippen molar-refractivity contribution >= 4 is 5.91 Å². The van der Waals surface area contributed by atoms with Gasteiger partial charge in [0.25, 0.3) is 0 Å². The van der Waals surface area contributed by atoms with E-state index in [0.29, 0.717) is 25.7 Å². The number of ether oxygens (including phenoxy) is 2. The Labute approximate surface area is 109 Å². The molecule has 1 aliphatic rings. The predicted octanol–water partition coefficient (Wildman–Crippen LogP) is 0.707. The van der Waals surface area contributed by atoms with Crippen molar-refractivity contribution in [2.75, 3.05) is 33.5 Å². The lowest BCUT2D eigenvalue weighted by molar-refractivity contribution is -0.128. The second-order valence-electron chi connectivity index (χ2n) is 5.25. The van der Waals surface area contributed by atoms with Gasteiger partial charge in [-0.3, -0.25) is 4.79 Å². The van der Waals surface area contributed by atoms with Crippen LogP contribution in [-0.4, -0.2) is 50.1 Å². The maximum absolute atomic E-state index is 11.5. The number of hydrogen-bond acceptors (Lipinski definition) is 4. The summed E-state index contributed by atoms with van der Waals surface area (Å²) in [5.41, 5.74) is -0.736. The van der Waals surface area contributed by atoms with Crippen LogP contribution in [0.15, 0.2) is 0 Å². The van der Waals surface area contributed by atoms with Crippen LogP contribution in [-0.2, 0) is 14.3 Å². The van der Waals surface area contributed by atoms with Crippen LogP contribution < -0.4 is 5.32 Å². The van der Waals surface area contributed by atoms with Gasteiger partial charge in [0.05, 0.1) is 18.8 Å². The average molecular weight is 259 g/mol. The molecule has 1 saturated carbocycles. The van der Waals surface area contributed by atoms with Gasteiger partial charge in [0.1, 0.15) is 6.61 Å². The molecule has 106 valence electrons. The van der Waals surface area contributed by atoms with Crippen LogP contribution in [0.5, 0.6) is 0 Å². The Morgan fingerprint density at radius 3 is 2.94 bits per heavy atom. The summed E-state index contributed by atoms with van der Waals surface area (Å²) in [4.78, 5) is 11.5. The highest BCUT2D eigenvalue weighted by Crippen LogP contribution is 2.31. The predicted molar refractivity (Wildman–Crippen MR) is 68.3 cm³/mol. The topological polar surface area (TPSA) is 67.8 Å². The lowest BCUT2D eigenvalue weighted by Gasteiger charge is -2.35. The lowest BCUT2D eigenvalue weighted by Crippen LogP contribution is -2.46. The summed E-state index contributed by atoms with van der Waals surface area (Å²) in [5, 5.41) is 13.1. The van der Waals surface area contributed by atoms with Gasteiger partial charge >= 0.3 is 0 Å². The molecule has 0 bridgehead atoms. The van der Waals surface area contributed by atoms with Crippen LogP contribution in [0.25, 0.3) is 0 Å². The third-order valence-electron chi connectivity index (χ3n) is 3.35. The number of aliphatic hydroxyl groups is 1. The Bertz CT molecular complexity index is 259. The minimum Gasteiger partial charge on any atom is -0.388 e. The molecule has 0 aliphatic heterocycles. The molecule has 0 spiro atoms. The molecular weight excluding hydrogens is 234 g/mol. The molecular formula is C13H25NO4. The van der Waals surface area contributed by atoms with E-state index in [2.05, 4.69) is 12.2 Å². The van der Waals surface area contributed by atoms with Gasteiger partial charge in [0, 0.05) is 13.7 Å². The summed E-state index contributed by atoms with van der Waals surface area (Å²) in [6.45, 7) is 3.37. The van der Waals surface area contributed by atoms with E-state index in [-0.39, 0.29) is 12.5 Å². The van der Waals surface area contributed by atoms with Gasteiger partial charge in [-0.05, 0) is 18.8 Å². The number of carbonyl (C=O) groups excluding carboxylic acids is 1. The zero-order valence-electron chi connectivity index (χ0n) is 11.4. The summed E-state index contributed by atoms with van der Waals surface area (Å²) < 4.78 is 9.92. The second kappa shape index (κ2) is 7.71. The Kier molecular flexibility index (Phi) is 6.60. The third kappa shape index (κ3) is 5.80. The molecule has 5 heteroatoms.